The number of methoxy groups -OCH3 is 1. The Kier molecular flexibility index (Phi) is 4.52. The summed E-state index contributed by atoms with van der Waals surface area (Å²) < 4.78 is 24.7. The molecular formula is C15H17FN4O3. The Morgan fingerprint density at radius 3 is 3.13 bits per heavy atom. The van der Waals surface area contributed by atoms with Crippen LogP contribution >= 0.6 is 0 Å². The van der Waals surface area contributed by atoms with E-state index >= 15 is 0 Å². The van der Waals surface area contributed by atoms with Gasteiger partial charge in [-0.1, -0.05) is 6.07 Å². The van der Waals surface area contributed by atoms with Crippen LogP contribution in [0.15, 0.2) is 24.5 Å². The van der Waals surface area contributed by atoms with Crippen LogP contribution in [0.5, 0.6) is 5.75 Å². The van der Waals surface area contributed by atoms with Gasteiger partial charge in [0.05, 0.1) is 13.2 Å². The molecule has 1 aromatic heterocycles. The molecule has 3 rings (SSSR count). The van der Waals surface area contributed by atoms with Gasteiger partial charge < -0.3 is 14.8 Å². The Bertz CT molecular complexity index is 677. The maximum atomic E-state index is 13.8. The molecule has 0 aliphatic carbocycles. The van der Waals surface area contributed by atoms with Crippen molar-refractivity contribution in [1.82, 2.24) is 20.5 Å². The second-order valence-electron chi connectivity index (χ2n) is 5.22. The fourth-order valence-electron chi connectivity index (χ4n) is 2.62. The van der Waals surface area contributed by atoms with Gasteiger partial charge in [-0.25, -0.2) is 9.37 Å². The van der Waals surface area contributed by atoms with Crippen molar-refractivity contribution in [2.45, 2.75) is 25.0 Å². The molecule has 1 amide bonds. The Morgan fingerprint density at radius 2 is 2.39 bits per heavy atom. The zero-order valence-corrected chi connectivity index (χ0v) is 12.6. The summed E-state index contributed by atoms with van der Waals surface area (Å²) in [6, 6.07) is 4.26. The lowest BCUT2D eigenvalue weighted by Crippen LogP contribution is -2.32. The molecule has 1 aliphatic rings. The van der Waals surface area contributed by atoms with Crippen LogP contribution in [0.2, 0.25) is 0 Å². The lowest BCUT2D eigenvalue weighted by Gasteiger charge is -2.14. The molecule has 7 nitrogen and oxygen atoms in total. The summed E-state index contributed by atoms with van der Waals surface area (Å²) in [4.78, 5) is 16.3. The fourth-order valence-corrected chi connectivity index (χ4v) is 2.62. The Morgan fingerprint density at radius 1 is 1.52 bits per heavy atom. The summed E-state index contributed by atoms with van der Waals surface area (Å²) in [6.07, 6.45) is 2.70. The van der Waals surface area contributed by atoms with Gasteiger partial charge in [-0.3, -0.25) is 9.89 Å². The summed E-state index contributed by atoms with van der Waals surface area (Å²) in [6.45, 7) is 0.293. The zero-order valence-electron chi connectivity index (χ0n) is 12.6. The van der Waals surface area contributed by atoms with Crippen molar-refractivity contribution >= 4 is 5.91 Å². The van der Waals surface area contributed by atoms with Crippen molar-refractivity contribution in [2.75, 3.05) is 13.7 Å². The molecule has 1 aliphatic heterocycles. The van der Waals surface area contributed by atoms with Crippen molar-refractivity contribution in [3.63, 3.8) is 0 Å². The lowest BCUT2D eigenvalue weighted by molar-refractivity contribution is 0.0391. The van der Waals surface area contributed by atoms with E-state index in [-0.39, 0.29) is 23.5 Å². The predicted molar refractivity (Wildman–Crippen MR) is 78.5 cm³/mol. The summed E-state index contributed by atoms with van der Waals surface area (Å²) in [7, 11) is 1.40. The van der Waals surface area contributed by atoms with Gasteiger partial charge >= 0.3 is 0 Å². The summed E-state index contributed by atoms with van der Waals surface area (Å²) in [5.74, 6) is -0.260. The molecule has 0 bridgehead atoms. The second-order valence-corrected chi connectivity index (χ2v) is 5.22. The Labute approximate surface area is 132 Å². The van der Waals surface area contributed by atoms with E-state index in [2.05, 4.69) is 20.5 Å². The van der Waals surface area contributed by atoms with E-state index in [1.165, 1.54) is 25.6 Å². The topological polar surface area (TPSA) is 89.1 Å². The minimum Gasteiger partial charge on any atom is -0.496 e. The first-order valence-corrected chi connectivity index (χ1v) is 7.30. The van der Waals surface area contributed by atoms with Crippen LogP contribution in [-0.2, 0) is 4.74 Å². The first-order chi connectivity index (χ1) is 11.2. The van der Waals surface area contributed by atoms with E-state index in [0.717, 1.165) is 12.8 Å². The number of hydrogen-bond acceptors (Lipinski definition) is 5. The molecule has 122 valence electrons. The number of hydrogen-bond donors (Lipinski definition) is 2. The standard InChI is InChI=1S/C15H17FN4O3/c1-22-11-4-2-3-10(16)13(11)15(21)17-7-9-5-6-12(23-9)14-18-8-19-20-14/h2-4,8-9,12H,5-7H2,1H3,(H,17,21)(H,18,19,20)/t9-,12+/m1/s1. The molecule has 1 saturated heterocycles. The number of ether oxygens (including phenoxy) is 2. The van der Waals surface area contributed by atoms with E-state index in [1.807, 2.05) is 0 Å². The summed E-state index contributed by atoms with van der Waals surface area (Å²) >= 11 is 0. The molecule has 0 saturated carbocycles. The molecule has 0 unspecified atom stereocenters. The quantitative estimate of drug-likeness (QED) is 0.873. The van der Waals surface area contributed by atoms with Crippen molar-refractivity contribution in [2.24, 2.45) is 0 Å². The third kappa shape index (κ3) is 3.31. The molecule has 2 aromatic rings. The highest BCUT2D eigenvalue weighted by Gasteiger charge is 2.29. The van der Waals surface area contributed by atoms with Crippen molar-refractivity contribution in [1.29, 1.82) is 0 Å². The van der Waals surface area contributed by atoms with Gasteiger partial charge in [0.2, 0.25) is 0 Å². The zero-order chi connectivity index (χ0) is 16.2. The average molecular weight is 320 g/mol. The molecule has 0 radical (unpaired) electrons. The third-order valence-electron chi connectivity index (χ3n) is 3.76. The van der Waals surface area contributed by atoms with E-state index < -0.39 is 11.7 Å². The Balaban J connectivity index is 1.58. The van der Waals surface area contributed by atoms with E-state index in [4.69, 9.17) is 9.47 Å². The number of halogens is 1. The van der Waals surface area contributed by atoms with Crippen LogP contribution in [0.25, 0.3) is 0 Å². The first-order valence-electron chi connectivity index (χ1n) is 7.30. The maximum absolute atomic E-state index is 13.8. The van der Waals surface area contributed by atoms with Gasteiger partial charge in [0.1, 0.15) is 29.6 Å². The minimum absolute atomic E-state index is 0.0974. The molecule has 1 aromatic carbocycles. The molecule has 23 heavy (non-hydrogen) atoms. The lowest BCUT2D eigenvalue weighted by atomic mass is 10.1. The number of amides is 1. The predicted octanol–water partition coefficient (Wildman–Crippen LogP) is 1.60. The van der Waals surface area contributed by atoms with Gasteiger partial charge in [-0.05, 0) is 25.0 Å². The van der Waals surface area contributed by atoms with E-state index in [0.29, 0.717) is 12.4 Å². The number of aromatic nitrogens is 3. The van der Waals surface area contributed by atoms with Gasteiger partial charge in [-0.2, -0.15) is 5.10 Å². The average Bonchev–Trinajstić information content (AvgIpc) is 3.23. The highest BCUT2D eigenvalue weighted by Crippen LogP contribution is 2.30. The number of aromatic amines is 1. The molecular weight excluding hydrogens is 303 g/mol. The minimum atomic E-state index is -0.617. The number of benzene rings is 1. The van der Waals surface area contributed by atoms with E-state index in [1.54, 1.807) is 6.07 Å². The number of carbonyl (C=O) groups excluding carboxylic acids is 1. The summed E-state index contributed by atoms with van der Waals surface area (Å²) in [5.41, 5.74) is -0.0974. The third-order valence-corrected chi connectivity index (χ3v) is 3.76. The van der Waals surface area contributed by atoms with Crippen LogP contribution in [0.4, 0.5) is 4.39 Å². The highest BCUT2D eigenvalue weighted by atomic mass is 19.1. The van der Waals surface area contributed by atoms with Crippen molar-refractivity contribution in [3.8, 4) is 5.75 Å². The monoisotopic (exact) mass is 320 g/mol. The van der Waals surface area contributed by atoms with E-state index in [9.17, 15) is 9.18 Å². The van der Waals surface area contributed by atoms with Crippen LogP contribution in [0.1, 0.15) is 35.1 Å². The van der Waals surface area contributed by atoms with Gasteiger partial charge in [0.25, 0.3) is 5.91 Å². The SMILES string of the molecule is COc1cccc(F)c1C(=O)NC[C@H]1CC[C@@H](c2ncn[nH]2)O1. The van der Waals surface area contributed by atoms with Gasteiger partial charge in [-0.15, -0.1) is 0 Å². The number of H-pyrrole nitrogens is 1. The first kappa shape index (κ1) is 15.4. The smallest absolute Gasteiger partial charge is 0.258 e. The second kappa shape index (κ2) is 6.74. The molecule has 0 spiro atoms. The number of nitrogens with one attached hydrogen (secondary N) is 2. The van der Waals surface area contributed by atoms with Crippen LogP contribution in [0, 0.1) is 5.82 Å². The normalized spacial score (nSPS) is 20.4. The molecule has 2 N–H and O–H groups in total. The number of nitrogens with zero attached hydrogens (tertiary/aromatic N) is 2. The van der Waals surface area contributed by atoms with Crippen LogP contribution < -0.4 is 10.1 Å². The number of rotatable bonds is 5. The molecule has 2 atom stereocenters. The molecule has 8 heteroatoms. The van der Waals surface area contributed by atoms with Crippen LogP contribution in [0.3, 0.4) is 0 Å². The number of carbonyl (C=O) groups is 1. The maximum Gasteiger partial charge on any atom is 0.258 e. The highest BCUT2D eigenvalue weighted by molar-refractivity contribution is 5.97. The fraction of sp³-hybridized carbons (Fsp3) is 0.400. The summed E-state index contributed by atoms with van der Waals surface area (Å²) in [5, 5.41) is 9.26. The largest absolute Gasteiger partial charge is 0.496 e. The van der Waals surface area contributed by atoms with Crippen molar-refractivity contribution < 1.29 is 18.7 Å². The van der Waals surface area contributed by atoms with Crippen molar-refractivity contribution in [3.05, 3.63) is 41.7 Å². The van der Waals surface area contributed by atoms with Crippen LogP contribution in [-0.4, -0.2) is 40.8 Å². The Hall–Kier alpha value is -2.48. The van der Waals surface area contributed by atoms with Gasteiger partial charge in [0.15, 0.2) is 5.82 Å². The molecule has 1 fully saturated rings. The molecule has 2 heterocycles. The van der Waals surface area contributed by atoms with Gasteiger partial charge in [0, 0.05) is 6.54 Å².